The van der Waals surface area contributed by atoms with Crippen molar-refractivity contribution in [3.05, 3.63) is 69.4 Å². The molecule has 2 heterocycles. The van der Waals surface area contributed by atoms with Gasteiger partial charge in [0.05, 0.1) is 11.6 Å². The van der Waals surface area contributed by atoms with E-state index in [9.17, 15) is 19.3 Å². The summed E-state index contributed by atoms with van der Waals surface area (Å²) in [6, 6.07) is 8.16. The second-order valence-electron chi connectivity index (χ2n) is 4.25. The number of benzene rings is 1. The van der Waals surface area contributed by atoms with Crippen LogP contribution in [0.5, 0.6) is 0 Å². The van der Waals surface area contributed by atoms with Crippen LogP contribution in [0.4, 0.5) is 10.3 Å². The molecule has 8 heteroatoms. The molecule has 0 amide bonds. The number of esters is 1. The molecule has 0 radical (unpaired) electrons. The van der Waals surface area contributed by atoms with Crippen LogP contribution in [-0.2, 0) is 9.53 Å². The second-order valence-corrected chi connectivity index (χ2v) is 4.25. The standard InChI is InChI=1S/C14H7FN2O5/c15-10-4-2-1-3-9(10)13-16-11(14(18)22-13)7-8-5-6-12(21-8)17(19)20/h1-7H/b11-7-. The predicted molar refractivity (Wildman–Crippen MR) is 72.4 cm³/mol. The molecular weight excluding hydrogens is 295 g/mol. The van der Waals surface area contributed by atoms with Crippen LogP contribution in [0.2, 0.25) is 0 Å². The summed E-state index contributed by atoms with van der Waals surface area (Å²) in [6.07, 6.45) is 1.18. The SMILES string of the molecule is O=C1OC(c2ccccc2F)=N/C1=C\c1ccc([N+](=O)[O-])o1. The second kappa shape index (κ2) is 5.24. The molecule has 2 aromatic rings. The highest BCUT2D eigenvalue weighted by atomic mass is 19.1. The van der Waals surface area contributed by atoms with Gasteiger partial charge in [-0.15, -0.1) is 0 Å². The van der Waals surface area contributed by atoms with E-state index in [0.717, 1.165) is 6.07 Å². The molecule has 0 N–H and O–H groups in total. The Morgan fingerprint density at radius 2 is 2.00 bits per heavy atom. The summed E-state index contributed by atoms with van der Waals surface area (Å²) in [5.74, 6) is -1.94. The van der Waals surface area contributed by atoms with Crippen molar-refractivity contribution >= 4 is 23.8 Å². The Hall–Kier alpha value is -3.29. The number of nitrogens with zero attached hydrogens (tertiary/aromatic N) is 2. The van der Waals surface area contributed by atoms with Gasteiger partial charge in [0.1, 0.15) is 16.5 Å². The van der Waals surface area contributed by atoms with Crippen LogP contribution in [0.3, 0.4) is 0 Å². The smallest absolute Gasteiger partial charge is 0.402 e. The molecular formula is C14H7FN2O5. The number of carbonyl (C=O) groups is 1. The molecule has 0 atom stereocenters. The third-order valence-electron chi connectivity index (χ3n) is 2.80. The first-order valence-electron chi connectivity index (χ1n) is 6.06. The topological polar surface area (TPSA) is 94.9 Å². The maximum atomic E-state index is 13.6. The Balaban J connectivity index is 1.94. The van der Waals surface area contributed by atoms with Gasteiger partial charge in [-0.2, -0.15) is 0 Å². The van der Waals surface area contributed by atoms with Gasteiger partial charge in [0.2, 0.25) is 5.90 Å². The zero-order valence-electron chi connectivity index (χ0n) is 10.9. The zero-order valence-corrected chi connectivity index (χ0v) is 10.9. The number of cyclic esters (lactones) is 1. The highest BCUT2D eigenvalue weighted by Gasteiger charge is 2.26. The van der Waals surface area contributed by atoms with Crippen molar-refractivity contribution in [3.8, 4) is 0 Å². The Kier molecular flexibility index (Phi) is 3.26. The molecule has 0 bridgehead atoms. The van der Waals surface area contributed by atoms with Crippen LogP contribution in [0.25, 0.3) is 6.08 Å². The molecule has 0 fully saturated rings. The lowest BCUT2D eigenvalue weighted by Crippen LogP contribution is -2.07. The van der Waals surface area contributed by atoms with E-state index in [2.05, 4.69) is 4.99 Å². The molecule has 1 aliphatic heterocycles. The highest BCUT2D eigenvalue weighted by Crippen LogP contribution is 2.23. The maximum absolute atomic E-state index is 13.6. The van der Waals surface area contributed by atoms with E-state index in [1.165, 1.54) is 30.3 Å². The number of carbonyl (C=O) groups excluding carboxylic acids is 1. The van der Waals surface area contributed by atoms with Gasteiger partial charge in [-0.3, -0.25) is 10.1 Å². The van der Waals surface area contributed by atoms with Crippen molar-refractivity contribution in [2.45, 2.75) is 0 Å². The Labute approximate surface area is 122 Å². The van der Waals surface area contributed by atoms with Gasteiger partial charge < -0.3 is 9.15 Å². The van der Waals surface area contributed by atoms with Crippen molar-refractivity contribution in [3.63, 3.8) is 0 Å². The molecule has 0 saturated carbocycles. The van der Waals surface area contributed by atoms with Crippen LogP contribution in [-0.4, -0.2) is 16.8 Å². The Bertz CT molecular complexity index is 837. The lowest BCUT2D eigenvalue weighted by atomic mass is 10.2. The van der Waals surface area contributed by atoms with E-state index in [0.29, 0.717) is 0 Å². The summed E-state index contributed by atoms with van der Waals surface area (Å²) in [5.41, 5.74) is -0.0906. The van der Waals surface area contributed by atoms with Crippen LogP contribution < -0.4 is 0 Å². The fourth-order valence-electron chi connectivity index (χ4n) is 1.81. The van der Waals surface area contributed by atoms with Crippen molar-refractivity contribution in [1.82, 2.24) is 0 Å². The van der Waals surface area contributed by atoms with Gasteiger partial charge in [-0.05, 0) is 18.2 Å². The lowest BCUT2D eigenvalue weighted by molar-refractivity contribution is -0.402. The number of ether oxygens (including phenoxy) is 1. The normalized spacial score (nSPS) is 15.8. The summed E-state index contributed by atoms with van der Waals surface area (Å²) in [6.45, 7) is 0. The molecule has 0 unspecified atom stereocenters. The summed E-state index contributed by atoms with van der Waals surface area (Å²) in [4.78, 5) is 25.4. The molecule has 7 nitrogen and oxygen atoms in total. The summed E-state index contributed by atoms with van der Waals surface area (Å²) in [5, 5.41) is 10.5. The first kappa shape index (κ1) is 13.7. The third-order valence-corrected chi connectivity index (χ3v) is 2.80. The minimum Gasteiger partial charge on any atom is -0.402 e. The summed E-state index contributed by atoms with van der Waals surface area (Å²) < 4.78 is 23.4. The van der Waals surface area contributed by atoms with Crippen molar-refractivity contribution < 1.29 is 23.3 Å². The van der Waals surface area contributed by atoms with E-state index in [1.54, 1.807) is 6.07 Å². The van der Waals surface area contributed by atoms with E-state index >= 15 is 0 Å². The number of aliphatic imine (C=N–C) groups is 1. The van der Waals surface area contributed by atoms with E-state index in [1.807, 2.05) is 0 Å². The molecule has 1 aliphatic rings. The molecule has 0 saturated heterocycles. The van der Waals surface area contributed by atoms with E-state index in [4.69, 9.17) is 9.15 Å². The van der Waals surface area contributed by atoms with E-state index in [-0.39, 0.29) is 22.9 Å². The molecule has 1 aromatic heterocycles. The van der Waals surface area contributed by atoms with Crippen LogP contribution in [0.15, 0.2) is 51.5 Å². The number of nitro groups is 1. The molecule has 0 spiro atoms. The van der Waals surface area contributed by atoms with E-state index < -0.39 is 22.6 Å². The minimum atomic E-state index is -0.794. The molecule has 22 heavy (non-hydrogen) atoms. The number of furan rings is 1. The van der Waals surface area contributed by atoms with Crippen molar-refractivity contribution in [2.75, 3.05) is 0 Å². The quantitative estimate of drug-likeness (QED) is 0.376. The van der Waals surface area contributed by atoms with Gasteiger partial charge in [-0.25, -0.2) is 14.2 Å². The van der Waals surface area contributed by atoms with Gasteiger partial charge in [0.15, 0.2) is 5.70 Å². The molecule has 110 valence electrons. The van der Waals surface area contributed by atoms with Crippen molar-refractivity contribution in [1.29, 1.82) is 0 Å². The van der Waals surface area contributed by atoms with Crippen LogP contribution in [0, 0.1) is 15.9 Å². The average molecular weight is 302 g/mol. The first-order chi connectivity index (χ1) is 10.5. The predicted octanol–water partition coefficient (Wildman–Crippen LogP) is 2.67. The molecule has 3 rings (SSSR count). The fraction of sp³-hybridized carbons (Fsp3) is 0. The monoisotopic (exact) mass is 302 g/mol. The van der Waals surface area contributed by atoms with Gasteiger partial charge >= 0.3 is 11.9 Å². The third kappa shape index (κ3) is 2.49. The number of halogens is 1. The minimum absolute atomic E-state index is 0.0460. The Morgan fingerprint density at radius 3 is 2.68 bits per heavy atom. The van der Waals surface area contributed by atoms with Gasteiger partial charge in [0.25, 0.3) is 0 Å². The number of hydrogen-bond acceptors (Lipinski definition) is 6. The maximum Gasteiger partial charge on any atom is 0.433 e. The average Bonchev–Trinajstić information content (AvgIpc) is 3.08. The fourth-order valence-corrected chi connectivity index (χ4v) is 1.81. The zero-order chi connectivity index (χ0) is 15.7. The largest absolute Gasteiger partial charge is 0.433 e. The van der Waals surface area contributed by atoms with Crippen LogP contribution in [0.1, 0.15) is 11.3 Å². The number of rotatable bonds is 3. The highest BCUT2D eigenvalue weighted by molar-refractivity contribution is 6.12. The molecule has 1 aromatic carbocycles. The van der Waals surface area contributed by atoms with Crippen molar-refractivity contribution in [2.24, 2.45) is 4.99 Å². The summed E-state index contributed by atoms with van der Waals surface area (Å²) in [7, 11) is 0. The molecule has 0 aliphatic carbocycles. The van der Waals surface area contributed by atoms with Gasteiger partial charge in [-0.1, -0.05) is 12.1 Å². The lowest BCUT2D eigenvalue weighted by Gasteiger charge is -1.99. The number of hydrogen-bond donors (Lipinski definition) is 0. The summed E-state index contributed by atoms with van der Waals surface area (Å²) >= 11 is 0. The van der Waals surface area contributed by atoms with Gasteiger partial charge in [0, 0.05) is 6.08 Å². The van der Waals surface area contributed by atoms with Crippen LogP contribution >= 0.6 is 0 Å². The Morgan fingerprint density at radius 1 is 1.23 bits per heavy atom. The first-order valence-corrected chi connectivity index (χ1v) is 6.06.